The van der Waals surface area contributed by atoms with Crippen LogP contribution in [0.5, 0.6) is 5.75 Å². The molecule has 5 nitrogen and oxygen atoms in total. The van der Waals surface area contributed by atoms with Crippen LogP contribution >= 0.6 is 23.4 Å². The van der Waals surface area contributed by atoms with Crippen molar-refractivity contribution in [2.45, 2.75) is 51.6 Å². The quantitative estimate of drug-likeness (QED) is 0.488. The van der Waals surface area contributed by atoms with Crippen molar-refractivity contribution in [3.05, 3.63) is 64.4 Å². The van der Waals surface area contributed by atoms with Gasteiger partial charge in [0.15, 0.2) is 0 Å². The van der Waals surface area contributed by atoms with Crippen molar-refractivity contribution in [1.29, 1.82) is 0 Å². The van der Waals surface area contributed by atoms with Gasteiger partial charge in [-0.25, -0.2) is 4.39 Å². The molecular formula is C24H30ClFN2O3S. The van der Waals surface area contributed by atoms with Crippen LogP contribution in [-0.4, -0.2) is 41.7 Å². The van der Waals surface area contributed by atoms with Gasteiger partial charge in [-0.15, -0.1) is 11.8 Å². The number of hydrogen-bond acceptors (Lipinski definition) is 4. The molecule has 2 atom stereocenters. The minimum atomic E-state index is -0.656. The van der Waals surface area contributed by atoms with E-state index in [-0.39, 0.29) is 35.9 Å². The van der Waals surface area contributed by atoms with E-state index < -0.39 is 11.9 Å². The van der Waals surface area contributed by atoms with Gasteiger partial charge in [-0.2, -0.15) is 0 Å². The molecule has 0 fully saturated rings. The monoisotopic (exact) mass is 480 g/mol. The van der Waals surface area contributed by atoms with Gasteiger partial charge in [0.05, 0.1) is 12.9 Å². The van der Waals surface area contributed by atoms with Gasteiger partial charge in [-0.1, -0.05) is 36.7 Å². The molecule has 2 amide bonds. The predicted octanol–water partition coefficient (Wildman–Crippen LogP) is 5.05. The zero-order chi connectivity index (χ0) is 23.7. The minimum absolute atomic E-state index is 0.0143. The van der Waals surface area contributed by atoms with E-state index in [4.69, 9.17) is 16.3 Å². The third kappa shape index (κ3) is 7.41. The number of ether oxygens (including phenoxy) is 1. The van der Waals surface area contributed by atoms with Gasteiger partial charge >= 0.3 is 0 Å². The highest BCUT2D eigenvalue weighted by atomic mass is 35.5. The molecule has 2 aromatic carbocycles. The number of carbonyl (C=O) groups is 2. The number of nitrogens with one attached hydrogen (secondary N) is 1. The molecule has 2 rings (SSSR count). The summed E-state index contributed by atoms with van der Waals surface area (Å²) in [6, 6.07) is 11.2. The fourth-order valence-corrected chi connectivity index (χ4v) is 4.22. The Morgan fingerprint density at radius 2 is 1.88 bits per heavy atom. The zero-order valence-electron chi connectivity index (χ0n) is 18.9. The molecule has 0 radical (unpaired) electrons. The van der Waals surface area contributed by atoms with Crippen molar-refractivity contribution in [1.82, 2.24) is 10.2 Å². The Morgan fingerprint density at radius 1 is 1.19 bits per heavy atom. The molecule has 174 valence electrons. The smallest absolute Gasteiger partial charge is 0.242 e. The number of thioether (sulfide) groups is 1. The number of methoxy groups -OCH3 is 1. The number of carbonyl (C=O) groups excluding carboxylic acids is 2. The summed E-state index contributed by atoms with van der Waals surface area (Å²) in [5.74, 6) is 0.275. The van der Waals surface area contributed by atoms with Crippen LogP contribution < -0.4 is 10.1 Å². The summed E-state index contributed by atoms with van der Waals surface area (Å²) in [4.78, 5) is 27.4. The van der Waals surface area contributed by atoms with E-state index in [0.717, 1.165) is 12.0 Å². The molecule has 0 unspecified atom stereocenters. The van der Waals surface area contributed by atoms with E-state index in [1.54, 1.807) is 31.1 Å². The molecule has 0 aliphatic carbocycles. The van der Waals surface area contributed by atoms with Gasteiger partial charge in [-0.3, -0.25) is 9.59 Å². The van der Waals surface area contributed by atoms with Gasteiger partial charge in [0.2, 0.25) is 11.8 Å². The van der Waals surface area contributed by atoms with E-state index in [2.05, 4.69) is 5.32 Å². The second-order valence-electron chi connectivity index (χ2n) is 7.56. The summed E-state index contributed by atoms with van der Waals surface area (Å²) in [5, 5.41) is 3.27. The lowest BCUT2D eigenvalue weighted by Gasteiger charge is -2.29. The molecular weight excluding hydrogens is 451 g/mol. The first-order chi connectivity index (χ1) is 15.3. The molecule has 0 aliphatic rings. The fourth-order valence-electron chi connectivity index (χ4n) is 2.97. The third-order valence-electron chi connectivity index (χ3n) is 5.21. The van der Waals surface area contributed by atoms with Crippen LogP contribution in [-0.2, 0) is 21.9 Å². The molecule has 32 heavy (non-hydrogen) atoms. The topological polar surface area (TPSA) is 58.6 Å². The summed E-state index contributed by atoms with van der Waals surface area (Å²) in [6.07, 6.45) is 0.796. The maximum atomic E-state index is 14.0. The van der Waals surface area contributed by atoms with E-state index in [1.807, 2.05) is 38.1 Å². The van der Waals surface area contributed by atoms with E-state index >= 15 is 0 Å². The van der Waals surface area contributed by atoms with Crippen molar-refractivity contribution < 1.29 is 18.7 Å². The number of rotatable bonds is 11. The molecule has 0 saturated carbocycles. The SMILES string of the molecule is CC[C@@H](C)NC(=O)[C@@H](C)N(Cc1ccc(OC)cc1)C(=O)CSCc1c(F)cccc1Cl. The Morgan fingerprint density at radius 3 is 2.47 bits per heavy atom. The van der Waals surface area contributed by atoms with Crippen LogP contribution in [0.3, 0.4) is 0 Å². The first-order valence-electron chi connectivity index (χ1n) is 10.5. The Labute approximate surface area is 198 Å². The van der Waals surface area contributed by atoms with Gasteiger partial charge < -0.3 is 15.0 Å². The van der Waals surface area contributed by atoms with Crippen LogP contribution in [0.4, 0.5) is 4.39 Å². The number of nitrogens with zero attached hydrogens (tertiary/aromatic N) is 1. The normalized spacial score (nSPS) is 12.7. The standard InChI is InChI=1S/C24H30ClFN2O3S/c1-5-16(2)27-24(30)17(3)28(13-18-9-11-19(31-4)12-10-18)23(29)15-32-14-20-21(25)7-6-8-22(20)26/h6-12,16-17H,5,13-15H2,1-4H3,(H,27,30)/t16-,17-/m1/s1. The van der Waals surface area contributed by atoms with E-state index in [0.29, 0.717) is 16.3 Å². The van der Waals surface area contributed by atoms with Crippen LogP contribution in [0.25, 0.3) is 0 Å². The average Bonchev–Trinajstić information content (AvgIpc) is 2.79. The summed E-state index contributed by atoms with van der Waals surface area (Å²) < 4.78 is 19.2. The second kappa shape index (κ2) is 12.7. The molecule has 1 N–H and O–H groups in total. The van der Waals surface area contributed by atoms with Gasteiger partial charge in [0.25, 0.3) is 0 Å². The van der Waals surface area contributed by atoms with Crippen LogP contribution in [0.15, 0.2) is 42.5 Å². The molecule has 2 aromatic rings. The van der Waals surface area contributed by atoms with Gasteiger partial charge in [-0.05, 0) is 50.1 Å². The predicted molar refractivity (Wildman–Crippen MR) is 128 cm³/mol. The zero-order valence-corrected chi connectivity index (χ0v) is 20.4. The van der Waals surface area contributed by atoms with Crippen molar-refractivity contribution in [2.75, 3.05) is 12.9 Å². The third-order valence-corrected chi connectivity index (χ3v) is 6.51. The highest BCUT2D eigenvalue weighted by Crippen LogP contribution is 2.24. The fraction of sp³-hybridized carbons (Fsp3) is 0.417. The van der Waals surface area contributed by atoms with Crippen LogP contribution in [0.1, 0.15) is 38.3 Å². The highest BCUT2D eigenvalue weighted by Gasteiger charge is 2.26. The molecule has 0 bridgehead atoms. The minimum Gasteiger partial charge on any atom is -0.497 e. The van der Waals surface area contributed by atoms with Crippen molar-refractivity contribution in [2.24, 2.45) is 0 Å². The highest BCUT2D eigenvalue weighted by molar-refractivity contribution is 7.99. The maximum absolute atomic E-state index is 14.0. The lowest BCUT2D eigenvalue weighted by molar-refractivity contribution is -0.138. The second-order valence-corrected chi connectivity index (χ2v) is 8.95. The molecule has 0 saturated heterocycles. The van der Waals surface area contributed by atoms with Crippen molar-refractivity contribution in [3.8, 4) is 5.75 Å². The van der Waals surface area contributed by atoms with Crippen molar-refractivity contribution in [3.63, 3.8) is 0 Å². The first kappa shape index (κ1) is 26.0. The molecule has 0 aromatic heterocycles. The summed E-state index contributed by atoms with van der Waals surface area (Å²) in [7, 11) is 1.59. The number of benzene rings is 2. The number of halogens is 2. The van der Waals surface area contributed by atoms with E-state index in [1.165, 1.54) is 17.8 Å². The molecule has 0 heterocycles. The summed E-state index contributed by atoms with van der Waals surface area (Å²) >= 11 is 7.35. The van der Waals surface area contributed by atoms with Gasteiger partial charge in [0.1, 0.15) is 17.6 Å². The molecule has 8 heteroatoms. The molecule has 0 spiro atoms. The largest absolute Gasteiger partial charge is 0.497 e. The lowest BCUT2D eigenvalue weighted by atomic mass is 10.1. The lowest BCUT2D eigenvalue weighted by Crippen LogP contribution is -2.50. The Hall–Kier alpha value is -2.25. The maximum Gasteiger partial charge on any atom is 0.242 e. The first-order valence-corrected chi connectivity index (χ1v) is 12.0. The number of amides is 2. The summed E-state index contributed by atoms with van der Waals surface area (Å²) in [5.41, 5.74) is 1.25. The van der Waals surface area contributed by atoms with Gasteiger partial charge in [0, 0.05) is 28.9 Å². The summed E-state index contributed by atoms with van der Waals surface area (Å²) in [6.45, 7) is 5.91. The number of hydrogen-bond donors (Lipinski definition) is 1. The van der Waals surface area contributed by atoms with Crippen molar-refractivity contribution >= 4 is 35.2 Å². The molecule has 0 aliphatic heterocycles. The Kier molecular flexibility index (Phi) is 10.3. The van der Waals surface area contributed by atoms with E-state index in [9.17, 15) is 14.0 Å². The average molecular weight is 481 g/mol. The Balaban J connectivity index is 2.12. The van der Waals surface area contributed by atoms with Crippen LogP contribution in [0, 0.1) is 5.82 Å². The van der Waals surface area contributed by atoms with Crippen LogP contribution in [0.2, 0.25) is 5.02 Å². The Bertz CT molecular complexity index is 890.